The molecule has 142 valence electrons. The number of anilines is 1. The first kappa shape index (κ1) is 17.6. The van der Waals surface area contributed by atoms with Crippen LogP contribution in [0.3, 0.4) is 0 Å². The molecule has 4 rings (SSSR count). The summed E-state index contributed by atoms with van der Waals surface area (Å²) in [6, 6.07) is 7.56. The Morgan fingerprint density at radius 2 is 2.00 bits per heavy atom. The van der Waals surface area contributed by atoms with Gasteiger partial charge in [-0.3, -0.25) is 14.6 Å². The normalized spacial score (nSPS) is 16.3. The minimum atomic E-state index is -0.0706. The van der Waals surface area contributed by atoms with Gasteiger partial charge in [0.1, 0.15) is 5.75 Å². The van der Waals surface area contributed by atoms with E-state index in [2.05, 4.69) is 14.9 Å². The SMILES string of the molecule is COc1ccccc1CC(=O)N1CCc2c(nc(N3CCCC3)[nH]c2=O)C1. The number of amides is 1. The number of aromatic amines is 1. The zero-order valence-electron chi connectivity index (χ0n) is 15.5. The lowest BCUT2D eigenvalue weighted by Gasteiger charge is -2.29. The Labute approximate surface area is 158 Å². The first-order valence-corrected chi connectivity index (χ1v) is 9.42. The second kappa shape index (κ2) is 7.42. The number of H-pyrrole nitrogens is 1. The predicted molar refractivity (Wildman–Crippen MR) is 102 cm³/mol. The summed E-state index contributed by atoms with van der Waals surface area (Å²) >= 11 is 0. The highest BCUT2D eigenvalue weighted by Gasteiger charge is 2.26. The molecule has 0 spiro atoms. The van der Waals surface area contributed by atoms with Gasteiger partial charge in [-0.1, -0.05) is 18.2 Å². The van der Waals surface area contributed by atoms with Gasteiger partial charge in [0.15, 0.2) is 0 Å². The fourth-order valence-electron chi connectivity index (χ4n) is 3.84. The summed E-state index contributed by atoms with van der Waals surface area (Å²) in [7, 11) is 1.61. The molecule has 0 unspecified atom stereocenters. The van der Waals surface area contributed by atoms with E-state index in [0.717, 1.165) is 37.2 Å². The number of rotatable bonds is 4. The molecule has 2 aliphatic heterocycles. The number of methoxy groups -OCH3 is 1. The van der Waals surface area contributed by atoms with Crippen LogP contribution in [0.4, 0.5) is 5.95 Å². The molecule has 1 fully saturated rings. The van der Waals surface area contributed by atoms with Gasteiger partial charge in [-0.2, -0.15) is 0 Å². The smallest absolute Gasteiger partial charge is 0.255 e. The molecular weight excluding hydrogens is 344 g/mol. The molecule has 0 saturated carbocycles. The Hall–Kier alpha value is -2.83. The van der Waals surface area contributed by atoms with Crippen LogP contribution in [0.15, 0.2) is 29.1 Å². The Morgan fingerprint density at radius 3 is 2.78 bits per heavy atom. The van der Waals surface area contributed by atoms with Crippen molar-refractivity contribution in [3.8, 4) is 5.75 Å². The van der Waals surface area contributed by atoms with E-state index in [1.165, 1.54) is 0 Å². The van der Waals surface area contributed by atoms with E-state index in [1.807, 2.05) is 24.3 Å². The van der Waals surface area contributed by atoms with Crippen molar-refractivity contribution in [1.29, 1.82) is 0 Å². The molecule has 2 aliphatic rings. The molecule has 2 aromatic rings. The van der Waals surface area contributed by atoms with Gasteiger partial charge in [-0.25, -0.2) is 4.98 Å². The largest absolute Gasteiger partial charge is 0.496 e. The van der Waals surface area contributed by atoms with Gasteiger partial charge in [-0.05, 0) is 25.3 Å². The average Bonchev–Trinajstić information content (AvgIpc) is 3.23. The van der Waals surface area contributed by atoms with Crippen LogP contribution in [0.25, 0.3) is 0 Å². The standard InChI is InChI=1S/C20H24N4O3/c1-27-17-7-3-2-6-14(17)12-18(25)24-11-8-15-16(13-24)21-20(22-19(15)26)23-9-4-5-10-23/h2-3,6-7H,4-5,8-13H2,1H3,(H,21,22,26). The van der Waals surface area contributed by atoms with E-state index in [-0.39, 0.29) is 17.9 Å². The van der Waals surface area contributed by atoms with Gasteiger partial charge >= 0.3 is 0 Å². The molecular formula is C20H24N4O3. The van der Waals surface area contributed by atoms with Crippen LogP contribution < -0.4 is 15.2 Å². The number of ether oxygens (including phenoxy) is 1. The van der Waals surface area contributed by atoms with Gasteiger partial charge < -0.3 is 14.5 Å². The Balaban J connectivity index is 1.53. The fourth-order valence-corrected chi connectivity index (χ4v) is 3.84. The van der Waals surface area contributed by atoms with Crippen molar-refractivity contribution in [3.05, 3.63) is 51.4 Å². The molecule has 0 aliphatic carbocycles. The third-order valence-corrected chi connectivity index (χ3v) is 5.35. The van der Waals surface area contributed by atoms with Gasteiger partial charge in [0.05, 0.1) is 25.8 Å². The summed E-state index contributed by atoms with van der Waals surface area (Å²) in [4.78, 5) is 36.8. The number of aromatic nitrogens is 2. The van der Waals surface area contributed by atoms with E-state index in [1.54, 1.807) is 12.0 Å². The lowest BCUT2D eigenvalue weighted by molar-refractivity contribution is -0.131. The highest BCUT2D eigenvalue weighted by molar-refractivity contribution is 5.79. The number of benzene rings is 1. The van der Waals surface area contributed by atoms with Gasteiger partial charge in [0.2, 0.25) is 11.9 Å². The van der Waals surface area contributed by atoms with Crippen molar-refractivity contribution in [3.63, 3.8) is 0 Å². The number of carbonyl (C=O) groups is 1. The molecule has 1 aromatic carbocycles. The number of para-hydroxylation sites is 1. The second-order valence-electron chi connectivity index (χ2n) is 7.06. The summed E-state index contributed by atoms with van der Waals surface area (Å²) in [6.07, 6.45) is 3.05. The van der Waals surface area contributed by atoms with Crippen LogP contribution in [-0.4, -0.2) is 47.5 Å². The van der Waals surface area contributed by atoms with E-state index in [0.29, 0.717) is 36.8 Å². The zero-order chi connectivity index (χ0) is 18.8. The first-order chi connectivity index (χ1) is 13.2. The molecule has 1 N–H and O–H groups in total. The van der Waals surface area contributed by atoms with Crippen molar-refractivity contribution in [2.45, 2.75) is 32.2 Å². The maximum absolute atomic E-state index is 12.8. The highest BCUT2D eigenvalue weighted by Crippen LogP contribution is 2.22. The number of nitrogens with zero attached hydrogens (tertiary/aromatic N) is 3. The minimum Gasteiger partial charge on any atom is -0.496 e. The Bertz CT molecular complexity index is 902. The van der Waals surface area contributed by atoms with Crippen LogP contribution in [0.1, 0.15) is 29.7 Å². The zero-order valence-corrected chi connectivity index (χ0v) is 15.5. The summed E-state index contributed by atoms with van der Waals surface area (Å²) in [5.41, 5.74) is 2.23. The fraction of sp³-hybridized carbons (Fsp3) is 0.450. The quantitative estimate of drug-likeness (QED) is 0.885. The van der Waals surface area contributed by atoms with Crippen LogP contribution in [0.2, 0.25) is 0 Å². The van der Waals surface area contributed by atoms with E-state index in [9.17, 15) is 9.59 Å². The van der Waals surface area contributed by atoms with E-state index >= 15 is 0 Å². The topological polar surface area (TPSA) is 78.5 Å². The lowest BCUT2D eigenvalue weighted by atomic mass is 10.0. The third kappa shape index (κ3) is 3.54. The third-order valence-electron chi connectivity index (χ3n) is 5.35. The monoisotopic (exact) mass is 368 g/mol. The summed E-state index contributed by atoms with van der Waals surface area (Å²) in [6.45, 7) is 2.75. The first-order valence-electron chi connectivity index (χ1n) is 9.42. The average molecular weight is 368 g/mol. The number of fused-ring (bicyclic) bond motifs is 1. The van der Waals surface area contributed by atoms with Crippen LogP contribution in [0, 0.1) is 0 Å². The number of hydrogen-bond donors (Lipinski definition) is 1. The number of carbonyl (C=O) groups excluding carboxylic acids is 1. The van der Waals surface area contributed by atoms with Crippen molar-refractivity contribution < 1.29 is 9.53 Å². The molecule has 1 saturated heterocycles. The Morgan fingerprint density at radius 1 is 1.22 bits per heavy atom. The van der Waals surface area contributed by atoms with Crippen LogP contribution in [0.5, 0.6) is 5.75 Å². The van der Waals surface area contributed by atoms with Crippen LogP contribution in [-0.2, 0) is 24.2 Å². The highest BCUT2D eigenvalue weighted by atomic mass is 16.5. The molecule has 0 bridgehead atoms. The molecule has 7 heteroatoms. The Kier molecular flexibility index (Phi) is 4.83. The number of nitrogens with one attached hydrogen (secondary N) is 1. The number of hydrogen-bond acceptors (Lipinski definition) is 5. The van der Waals surface area contributed by atoms with Crippen molar-refractivity contribution >= 4 is 11.9 Å². The molecule has 1 aromatic heterocycles. The van der Waals surface area contributed by atoms with Gasteiger partial charge in [-0.15, -0.1) is 0 Å². The molecule has 0 radical (unpaired) electrons. The van der Waals surface area contributed by atoms with E-state index in [4.69, 9.17) is 4.74 Å². The van der Waals surface area contributed by atoms with E-state index < -0.39 is 0 Å². The maximum Gasteiger partial charge on any atom is 0.255 e. The maximum atomic E-state index is 12.8. The van der Waals surface area contributed by atoms with Crippen molar-refractivity contribution in [1.82, 2.24) is 14.9 Å². The van der Waals surface area contributed by atoms with Crippen molar-refractivity contribution in [2.75, 3.05) is 31.6 Å². The van der Waals surface area contributed by atoms with Gasteiger partial charge in [0, 0.05) is 30.8 Å². The summed E-state index contributed by atoms with van der Waals surface area (Å²) in [5.74, 6) is 1.37. The predicted octanol–water partition coefficient (Wildman–Crippen LogP) is 1.51. The molecule has 27 heavy (non-hydrogen) atoms. The van der Waals surface area contributed by atoms with Gasteiger partial charge in [0.25, 0.3) is 5.56 Å². The second-order valence-corrected chi connectivity index (χ2v) is 7.06. The molecule has 0 atom stereocenters. The molecule has 1 amide bonds. The van der Waals surface area contributed by atoms with Crippen LogP contribution >= 0.6 is 0 Å². The van der Waals surface area contributed by atoms with Crippen molar-refractivity contribution in [2.24, 2.45) is 0 Å². The summed E-state index contributed by atoms with van der Waals surface area (Å²) < 4.78 is 5.34. The molecule has 7 nitrogen and oxygen atoms in total. The lowest BCUT2D eigenvalue weighted by Crippen LogP contribution is -2.40. The summed E-state index contributed by atoms with van der Waals surface area (Å²) in [5, 5.41) is 0. The minimum absolute atomic E-state index is 0.0231. The molecule has 3 heterocycles.